The van der Waals surface area contributed by atoms with Gasteiger partial charge in [0.25, 0.3) is 5.91 Å². The molecule has 0 bridgehead atoms. The molecule has 0 spiro atoms. The smallest absolute Gasteiger partial charge is 0.257 e. The van der Waals surface area contributed by atoms with Gasteiger partial charge in [-0.3, -0.25) is 9.78 Å². The van der Waals surface area contributed by atoms with Crippen LogP contribution in [-0.2, 0) is 0 Å². The van der Waals surface area contributed by atoms with Crippen molar-refractivity contribution in [2.75, 3.05) is 5.32 Å². The van der Waals surface area contributed by atoms with Crippen LogP contribution < -0.4 is 5.32 Å². The molecular formula is C20H13ClN4O. The van der Waals surface area contributed by atoms with Crippen molar-refractivity contribution in [1.82, 2.24) is 15.0 Å². The number of para-hydroxylation sites is 1. The normalized spacial score (nSPS) is 10.7. The first-order chi connectivity index (χ1) is 12.7. The minimum atomic E-state index is -0.256. The van der Waals surface area contributed by atoms with Gasteiger partial charge in [-0.1, -0.05) is 29.8 Å². The van der Waals surface area contributed by atoms with Gasteiger partial charge in [0.1, 0.15) is 5.82 Å². The van der Waals surface area contributed by atoms with E-state index in [1.165, 1.54) is 6.20 Å². The third-order valence-corrected chi connectivity index (χ3v) is 4.13. The number of rotatable bonds is 3. The number of pyridine rings is 3. The molecule has 1 aromatic carbocycles. The molecule has 1 amide bonds. The number of carbonyl (C=O) groups is 1. The van der Waals surface area contributed by atoms with Crippen molar-refractivity contribution < 1.29 is 4.79 Å². The molecule has 0 saturated heterocycles. The molecule has 0 fully saturated rings. The molecule has 0 saturated carbocycles. The minimum absolute atomic E-state index is 0.256. The second kappa shape index (κ2) is 6.90. The van der Waals surface area contributed by atoms with E-state index in [2.05, 4.69) is 20.3 Å². The molecule has 0 radical (unpaired) electrons. The molecule has 26 heavy (non-hydrogen) atoms. The van der Waals surface area contributed by atoms with Crippen LogP contribution >= 0.6 is 11.6 Å². The first kappa shape index (κ1) is 16.2. The van der Waals surface area contributed by atoms with Gasteiger partial charge < -0.3 is 5.32 Å². The van der Waals surface area contributed by atoms with Crippen LogP contribution in [0.1, 0.15) is 10.4 Å². The van der Waals surface area contributed by atoms with Gasteiger partial charge in [0.15, 0.2) is 0 Å². The molecule has 4 aromatic rings. The van der Waals surface area contributed by atoms with E-state index in [4.69, 9.17) is 11.6 Å². The molecule has 126 valence electrons. The number of fused-ring (bicyclic) bond motifs is 1. The van der Waals surface area contributed by atoms with Crippen LogP contribution in [0.5, 0.6) is 0 Å². The lowest BCUT2D eigenvalue weighted by molar-refractivity contribution is 0.102. The van der Waals surface area contributed by atoms with Crippen LogP contribution in [-0.4, -0.2) is 20.9 Å². The Morgan fingerprint density at radius 3 is 2.58 bits per heavy atom. The zero-order chi connectivity index (χ0) is 17.9. The van der Waals surface area contributed by atoms with Gasteiger partial charge >= 0.3 is 0 Å². The predicted octanol–water partition coefficient (Wildman–Crippen LogP) is 4.60. The lowest BCUT2D eigenvalue weighted by Gasteiger charge is -2.10. The number of nitrogens with one attached hydrogen (secondary N) is 1. The van der Waals surface area contributed by atoms with Crippen molar-refractivity contribution in [3.63, 3.8) is 0 Å². The minimum Gasteiger partial charge on any atom is -0.307 e. The number of anilines is 1. The summed E-state index contributed by atoms with van der Waals surface area (Å²) in [5.41, 5.74) is 2.87. The number of hydrogen-bond acceptors (Lipinski definition) is 4. The number of benzene rings is 1. The first-order valence-corrected chi connectivity index (χ1v) is 8.31. The highest BCUT2D eigenvalue weighted by Gasteiger charge is 2.14. The summed E-state index contributed by atoms with van der Waals surface area (Å²) in [7, 11) is 0. The third kappa shape index (κ3) is 3.25. The van der Waals surface area contributed by atoms with E-state index in [1.54, 1.807) is 30.6 Å². The maximum absolute atomic E-state index is 12.9. The van der Waals surface area contributed by atoms with Gasteiger partial charge in [-0.2, -0.15) is 0 Å². The number of amides is 1. The quantitative estimate of drug-likeness (QED) is 0.580. The Morgan fingerprint density at radius 2 is 1.81 bits per heavy atom. The highest BCUT2D eigenvalue weighted by atomic mass is 35.5. The standard InChI is InChI=1S/C20H13ClN4O/c21-14-5-6-19(23-12-14)25-20(26)16-11-18(13-7-9-22-10-8-13)24-17-4-2-1-3-15(16)17/h1-12H,(H,23,25,26). The lowest BCUT2D eigenvalue weighted by Crippen LogP contribution is -2.14. The van der Waals surface area contributed by atoms with Crippen molar-refractivity contribution in [1.29, 1.82) is 0 Å². The summed E-state index contributed by atoms with van der Waals surface area (Å²) in [5, 5.41) is 4.09. The van der Waals surface area contributed by atoms with Crippen molar-refractivity contribution in [3.8, 4) is 11.3 Å². The molecule has 4 rings (SSSR count). The maximum Gasteiger partial charge on any atom is 0.257 e. The van der Waals surface area contributed by atoms with E-state index < -0.39 is 0 Å². The van der Waals surface area contributed by atoms with Crippen molar-refractivity contribution in [2.24, 2.45) is 0 Å². The number of carbonyl (C=O) groups excluding carboxylic acids is 1. The monoisotopic (exact) mass is 360 g/mol. The molecule has 6 heteroatoms. The highest BCUT2D eigenvalue weighted by molar-refractivity contribution is 6.30. The zero-order valence-electron chi connectivity index (χ0n) is 13.6. The van der Waals surface area contributed by atoms with Crippen LogP contribution in [0.2, 0.25) is 5.02 Å². The Hall–Kier alpha value is -3.31. The van der Waals surface area contributed by atoms with Crippen LogP contribution in [0.15, 0.2) is 73.2 Å². The van der Waals surface area contributed by atoms with Gasteiger partial charge in [-0.05, 0) is 36.4 Å². The Morgan fingerprint density at radius 1 is 1.00 bits per heavy atom. The number of nitrogens with zero attached hydrogens (tertiary/aromatic N) is 3. The fraction of sp³-hybridized carbons (Fsp3) is 0. The van der Waals surface area contributed by atoms with Gasteiger partial charge in [0, 0.05) is 29.5 Å². The van der Waals surface area contributed by atoms with Gasteiger partial charge in [-0.15, -0.1) is 0 Å². The van der Waals surface area contributed by atoms with E-state index in [0.29, 0.717) is 22.1 Å². The molecular weight excluding hydrogens is 348 g/mol. The maximum atomic E-state index is 12.9. The summed E-state index contributed by atoms with van der Waals surface area (Å²) >= 11 is 5.84. The number of halogens is 1. The van der Waals surface area contributed by atoms with Crippen molar-refractivity contribution >= 4 is 34.2 Å². The van der Waals surface area contributed by atoms with Crippen molar-refractivity contribution in [2.45, 2.75) is 0 Å². The van der Waals surface area contributed by atoms with Crippen LogP contribution in [0, 0.1) is 0 Å². The van der Waals surface area contributed by atoms with Crippen LogP contribution in [0.25, 0.3) is 22.2 Å². The Bertz CT molecular complexity index is 1080. The molecule has 0 aliphatic rings. The SMILES string of the molecule is O=C(Nc1ccc(Cl)cn1)c1cc(-c2ccncc2)nc2ccccc12. The van der Waals surface area contributed by atoms with Gasteiger partial charge in [-0.25, -0.2) is 9.97 Å². The summed E-state index contributed by atoms with van der Waals surface area (Å²) in [5.74, 6) is 0.180. The fourth-order valence-electron chi connectivity index (χ4n) is 2.67. The summed E-state index contributed by atoms with van der Waals surface area (Å²) in [4.78, 5) is 25.7. The van der Waals surface area contributed by atoms with Crippen molar-refractivity contribution in [3.05, 3.63) is 83.8 Å². The van der Waals surface area contributed by atoms with Gasteiger partial charge in [0.05, 0.1) is 21.8 Å². The molecule has 0 aliphatic heterocycles. The summed E-state index contributed by atoms with van der Waals surface area (Å²) in [6.07, 6.45) is 4.89. The van der Waals surface area contributed by atoms with Gasteiger partial charge in [0.2, 0.25) is 0 Å². The molecule has 3 heterocycles. The number of aromatic nitrogens is 3. The van der Waals surface area contributed by atoms with Crippen LogP contribution in [0.4, 0.5) is 5.82 Å². The lowest BCUT2D eigenvalue weighted by atomic mass is 10.0. The third-order valence-electron chi connectivity index (χ3n) is 3.91. The molecule has 1 N–H and O–H groups in total. The fourth-order valence-corrected chi connectivity index (χ4v) is 2.78. The summed E-state index contributed by atoms with van der Waals surface area (Å²) < 4.78 is 0. The predicted molar refractivity (Wildman–Crippen MR) is 102 cm³/mol. The molecule has 0 atom stereocenters. The van der Waals surface area contributed by atoms with Crippen LogP contribution in [0.3, 0.4) is 0 Å². The largest absolute Gasteiger partial charge is 0.307 e. The first-order valence-electron chi connectivity index (χ1n) is 7.94. The Balaban J connectivity index is 1.79. The Kier molecular flexibility index (Phi) is 4.29. The van der Waals surface area contributed by atoms with E-state index in [0.717, 1.165) is 16.5 Å². The molecule has 0 aliphatic carbocycles. The average Bonchev–Trinajstić information content (AvgIpc) is 2.69. The molecule has 3 aromatic heterocycles. The zero-order valence-corrected chi connectivity index (χ0v) is 14.3. The van der Waals surface area contributed by atoms with E-state index in [1.807, 2.05) is 36.4 Å². The van der Waals surface area contributed by atoms with E-state index >= 15 is 0 Å². The summed E-state index contributed by atoms with van der Waals surface area (Å²) in [6.45, 7) is 0. The summed E-state index contributed by atoms with van der Waals surface area (Å²) in [6, 6.07) is 16.4. The number of hydrogen-bond donors (Lipinski definition) is 1. The Labute approximate surface area is 154 Å². The van der Waals surface area contributed by atoms with E-state index in [-0.39, 0.29) is 5.91 Å². The molecule has 0 unspecified atom stereocenters. The second-order valence-corrected chi connectivity index (χ2v) is 6.06. The van der Waals surface area contributed by atoms with E-state index in [9.17, 15) is 4.79 Å². The average molecular weight is 361 g/mol. The second-order valence-electron chi connectivity index (χ2n) is 5.62. The molecule has 5 nitrogen and oxygen atoms in total. The topological polar surface area (TPSA) is 67.8 Å². The highest BCUT2D eigenvalue weighted by Crippen LogP contribution is 2.25.